The average Bonchev–Trinajstić information content (AvgIpc) is 3.06. The second-order valence-electron chi connectivity index (χ2n) is 7.20. The van der Waals surface area contributed by atoms with Crippen molar-refractivity contribution in [3.8, 4) is 11.4 Å². The monoisotopic (exact) mass is 372 g/mol. The van der Waals surface area contributed by atoms with Gasteiger partial charge in [0.05, 0.1) is 10.7 Å². The number of anilines is 1. The third kappa shape index (κ3) is 3.39. The number of rotatable bonds is 4. The van der Waals surface area contributed by atoms with Gasteiger partial charge in [-0.3, -0.25) is 5.10 Å². The molecule has 138 valence electrons. The predicted molar refractivity (Wildman–Crippen MR) is 108 cm³/mol. The Balaban J connectivity index is 0.00000210. The molecule has 1 aliphatic heterocycles. The lowest BCUT2D eigenvalue weighted by atomic mass is 10.0. The fourth-order valence-corrected chi connectivity index (χ4v) is 3.77. The summed E-state index contributed by atoms with van der Waals surface area (Å²) in [6.45, 7) is 7.38. The summed E-state index contributed by atoms with van der Waals surface area (Å²) in [6.07, 6.45) is 2.89. The van der Waals surface area contributed by atoms with Crippen molar-refractivity contribution < 1.29 is 1.43 Å². The van der Waals surface area contributed by atoms with Crippen molar-refractivity contribution in [2.45, 2.75) is 26.3 Å². The van der Waals surface area contributed by atoms with Crippen LogP contribution in [0.4, 0.5) is 5.82 Å². The van der Waals surface area contributed by atoms with Gasteiger partial charge in [0.15, 0.2) is 5.65 Å². The smallest absolute Gasteiger partial charge is 0.181 e. The summed E-state index contributed by atoms with van der Waals surface area (Å²) in [7, 11) is 0. The molecule has 3 aromatic rings. The number of aromatic nitrogens is 4. The molecule has 3 aromatic heterocycles. The Bertz CT molecular complexity index is 912. The van der Waals surface area contributed by atoms with Gasteiger partial charge in [0.25, 0.3) is 0 Å². The Morgan fingerprint density at radius 3 is 3.08 bits per heavy atom. The Morgan fingerprint density at radius 1 is 1.35 bits per heavy atom. The zero-order chi connectivity index (χ0) is 18.1. The average molecular weight is 373 g/mol. The van der Waals surface area contributed by atoms with Crippen LogP contribution in [0.25, 0.3) is 22.4 Å². The topological polar surface area (TPSA) is 69.7 Å². The molecule has 1 fully saturated rings. The molecule has 0 saturated carbocycles. The quantitative estimate of drug-likeness (QED) is 0.730. The minimum atomic E-state index is 0. The van der Waals surface area contributed by atoms with Crippen LogP contribution in [-0.2, 0) is 0 Å². The van der Waals surface area contributed by atoms with E-state index in [9.17, 15) is 0 Å². The van der Waals surface area contributed by atoms with Crippen molar-refractivity contribution in [2.24, 2.45) is 5.92 Å². The first-order valence-electron chi connectivity index (χ1n) is 9.06. The lowest BCUT2D eigenvalue weighted by Gasteiger charge is -2.35. The highest BCUT2D eigenvalue weighted by molar-refractivity contribution is 6.33. The highest BCUT2D eigenvalue weighted by Gasteiger charge is 2.22. The molecule has 1 saturated heterocycles. The SMILES string of the molecule is CC(C)C[C@H]1CN(c2ccc(Cl)c(-c3[nH]nc4ncccc34)n2)CCN1.[HH]. The van der Waals surface area contributed by atoms with Crippen molar-refractivity contribution in [3.05, 3.63) is 35.5 Å². The molecule has 1 aliphatic rings. The highest BCUT2D eigenvalue weighted by Crippen LogP contribution is 2.31. The number of hydrogen-bond acceptors (Lipinski definition) is 5. The molecule has 2 N–H and O–H groups in total. The number of nitrogens with zero attached hydrogens (tertiary/aromatic N) is 4. The first-order valence-corrected chi connectivity index (χ1v) is 9.44. The largest absolute Gasteiger partial charge is 0.354 e. The number of pyridine rings is 2. The first kappa shape index (κ1) is 17.2. The molecule has 0 amide bonds. The molecule has 1 atom stereocenters. The van der Waals surface area contributed by atoms with Gasteiger partial charge in [0, 0.05) is 38.7 Å². The highest BCUT2D eigenvalue weighted by atomic mass is 35.5. The van der Waals surface area contributed by atoms with E-state index >= 15 is 0 Å². The van der Waals surface area contributed by atoms with Crippen LogP contribution in [0.2, 0.25) is 5.02 Å². The standard InChI is InChI=1S/C19H23ClN6.H2/c1-12(2)10-13-11-26(9-8-21-13)16-6-5-15(20)18(23-16)17-14-4-3-7-22-19(14)25-24-17;/h3-7,12-13,21H,8-11H2,1-2H3,(H,22,24,25);1H/t13-;/m0./s1. The molecular weight excluding hydrogens is 348 g/mol. The normalized spacial score (nSPS) is 18.0. The summed E-state index contributed by atoms with van der Waals surface area (Å²) in [4.78, 5) is 11.5. The van der Waals surface area contributed by atoms with Crippen LogP contribution in [0.3, 0.4) is 0 Å². The van der Waals surface area contributed by atoms with E-state index in [1.165, 1.54) is 0 Å². The molecule has 0 spiro atoms. The number of piperazine rings is 1. The fraction of sp³-hybridized carbons (Fsp3) is 0.421. The maximum absolute atomic E-state index is 6.46. The summed E-state index contributed by atoms with van der Waals surface area (Å²) in [6, 6.07) is 8.28. The Morgan fingerprint density at radius 2 is 2.23 bits per heavy atom. The zero-order valence-electron chi connectivity index (χ0n) is 15.0. The van der Waals surface area contributed by atoms with Gasteiger partial charge in [-0.1, -0.05) is 25.4 Å². The van der Waals surface area contributed by atoms with Crippen LogP contribution in [0.15, 0.2) is 30.5 Å². The van der Waals surface area contributed by atoms with Crippen LogP contribution in [-0.4, -0.2) is 45.8 Å². The maximum Gasteiger partial charge on any atom is 0.181 e. The minimum Gasteiger partial charge on any atom is -0.354 e. The van der Waals surface area contributed by atoms with E-state index in [0.29, 0.717) is 22.6 Å². The van der Waals surface area contributed by atoms with E-state index in [4.69, 9.17) is 16.6 Å². The summed E-state index contributed by atoms with van der Waals surface area (Å²) in [5.41, 5.74) is 2.21. The molecule has 0 aliphatic carbocycles. The second kappa shape index (κ2) is 7.21. The number of hydrogen-bond donors (Lipinski definition) is 2. The van der Waals surface area contributed by atoms with E-state index in [1.54, 1.807) is 6.20 Å². The summed E-state index contributed by atoms with van der Waals surface area (Å²) >= 11 is 6.46. The van der Waals surface area contributed by atoms with Gasteiger partial charge < -0.3 is 10.2 Å². The Hall–Kier alpha value is -2.18. The second-order valence-corrected chi connectivity index (χ2v) is 7.61. The van der Waals surface area contributed by atoms with Crippen LogP contribution in [0.5, 0.6) is 0 Å². The van der Waals surface area contributed by atoms with Crippen molar-refractivity contribution in [1.82, 2.24) is 25.5 Å². The van der Waals surface area contributed by atoms with Crippen LogP contribution in [0.1, 0.15) is 21.7 Å². The van der Waals surface area contributed by atoms with Gasteiger partial charge >= 0.3 is 0 Å². The molecule has 26 heavy (non-hydrogen) atoms. The summed E-state index contributed by atoms with van der Waals surface area (Å²) < 4.78 is 0. The molecule has 0 radical (unpaired) electrons. The van der Waals surface area contributed by atoms with Gasteiger partial charge in [0.2, 0.25) is 0 Å². The molecular formula is C19H25ClN6. The van der Waals surface area contributed by atoms with Crippen LogP contribution < -0.4 is 10.2 Å². The number of nitrogens with one attached hydrogen (secondary N) is 2. The van der Waals surface area contributed by atoms with Gasteiger partial charge in [-0.2, -0.15) is 5.10 Å². The van der Waals surface area contributed by atoms with Gasteiger partial charge in [-0.25, -0.2) is 9.97 Å². The van der Waals surface area contributed by atoms with E-state index in [2.05, 4.69) is 39.2 Å². The first-order chi connectivity index (χ1) is 12.6. The number of aromatic amines is 1. The number of fused-ring (bicyclic) bond motifs is 1. The number of H-pyrrole nitrogens is 1. The van der Waals surface area contributed by atoms with Gasteiger partial charge in [-0.15, -0.1) is 0 Å². The van der Waals surface area contributed by atoms with Crippen molar-refractivity contribution in [2.75, 3.05) is 24.5 Å². The summed E-state index contributed by atoms with van der Waals surface area (Å²) in [5, 5.41) is 12.5. The summed E-state index contributed by atoms with van der Waals surface area (Å²) in [5.74, 6) is 1.62. The third-order valence-corrected chi connectivity index (χ3v) is 5.04. The molecule has 4 heterocycles. The van der Waals surface area contributed by atoms with Gasteiger partial charge in [-0.05, 0) is 36.6 Å². The Kier molecular flexibility index (Phi) is 4.78. The number of halogens is 1. The Labute approximate surface area is 159 Å². The molecule has 0 unspecified atom stereocenters. The minimum absolute atomic E-state index is 0. The van der Waals surface area contributed by atoms with E-state index in [-0.39, 0.29) is 1.43 Å². The van der Waals surface area contributed by atoms with E-state index in [1.807, 2.05) is 24.3 Å². The van der Waals surface area contributed by atoms with Crippen molar-refractivity contribution in [3.63, 3.8) is 0 Å². The molecule has 0 bridgehead atoms. The third-order valence-electron chi connectivity index (χ3n) is 4.73. The molecule has 7 heteroatoms. The lowest BCUT2D eigenvalue weighted by molar-refractivity contribution is 0.387. The fourth-order valence-electron chi connectivity index (χ4n) is 3.57. The maximum atomic E-state index is 6.46. The lowest BCUT2D eigenvalue weighted by Crippen LogP contribution is -2.51. The van der Waals surface area contributed by atoms with Crippen LogP contribution >= 0.6 is 11.6 Å². The molecule has 0 aromatic carbocycles. The molecule has 4 rings (SSSR count). The molecule has 6 nitrogen and oxygen atoms in total. The van der Waals surface area contributed by atoms with Crippen molar-refractivity contribution >= 4 is 28.5 Å². The predicted octanol–water partition coefficient (Wildman–Crippen LogP) is 3.74. The van der Waals surface area contributed by atoms with E-state index < -0.39 is 0 Å². The zero-order valence-corrected chi connectivity index (χ0v) is 15.8. The van der Waals surface area contributed by atoms with Crippen molar-refractivity contribution in [1.29, 1.82) is 0 Å². The van der Waals surface area contributed by atoms with E-state index in [0.717, 1.165) is 48.6 Å². The van der Waals surface area contributed by atoms with Gasteiger partial charge in [0.1, 0.15) is 11.5 Å². The van der Waals surface area contributed by atoms with Crippen LogP contribution in [0, 0.1) is 5.92 Å².